The van der Waals surface area contributed by atoms with Crippen LogP contribution in [0.25, 0.3) is 0 Å². The molecule has 0 amide bonds. The lowest BCUT2D eigenvalue weighted by Gasteiger charge is -2.57. The van der Waals surface area contributed by atoms with Crippen molar-refractivity contribution in [2.45, 2.75) is 59.4 Å². The molecule has 5 unspecified atom stereocenters. The van der Waals surface area contributed by atoms with Crippen LogP contribution in [0.1, 0.15) is 53.4 Å². The summed E-state index contributed by atoms with van der Waals surface area (Å²) in [5.41, 5.74) is 0.976. The first-order valence-corrected chi connectivity index (χ1v) is 7.87. The highest BCUT2D eigenvalue weighted by molar-refractivity contribution is 7.78. The third kappa shape index (κ3) is 1.58. The molecule has 0 aromatic rings. The summed E-state index contributed by atoms with van der Waals surface area (Å²) in [4.78, 5) is 4.50. The quantitative estimate of drug-likeness (QED) is 0.525. The lowest BCUT2D eigenvalue weighted by molar-refractivity contribution is -0.0591. The number of rotatable bonds is 2. The molecule has 2 heteroatoms. The normalized spacial score (nSPS) is 53.6. The van der Waals surface area contributed by atoms with Crippen molar-refractivity contribution in [1.29, 1.82) is 0 Å². The van der Waals surface area contributed by atoms with Gasteiger partial charge < -0.3 is 0 Å². The van der Waals surface area contributed by atoms with E-state index in [0.29, 0.717) is 16.9 Å². The van der Waals surface area contributed by atoms with E-state index >= 15 is 0 Å². The molecule has 4 aliphatic rings. The van der Waals surface area contributed by atoms with Crippen molar-refractivity contribution in [2.75, 3.05) is 0 Å². The lowest BCUT2D eigenvalue weighted by Crippen LogP contribution is -2.52. The molecule has 4 fully saturated rings. The third-order valence-electron chi connectivity index (χ3n) is 6.52. The monoisotopic (exact) mass is 263 g/mol. The Morgan fingerprint density at radius 3 is 2.50 bits per heavy atom. The van der Waals surface area contributed by atoms with Crippen molar-refractivity contribution in [2.24, 2.45) is 39.5 Å². The summed E-state index contributed by atoms with van der Waals surface area (Å²) in [6.07, 6.45) is 5.45. The average molecular weight is 263 g/mol. The highest BCUT2D eigenvalue weighted by Gasteiger charge is 2.64. The second kappa shape index (κ2) is 3.90. The second-order valence-electron chi connectivity index (χ2n) is 8.04. The molecule has 4 bridgehead atoms. The van der Waals surface area contributed by atoms with Gasteiger partial charge in [-0.3, -0.25) is 0 Å². The van der Waals surface area contributed by atoms with Gasteiger partial charge in [0.2, 0.25) is 0 Å². The summed E-state index contributed by atoms with van der Waals surface area (Å²) >= 11 is 4.85. The van der Waals surface area contributed by atoms with Crippen LogP contribution >= 0.6 is 12.2 Å². The number of thiocarbonyl (C=S) groups is 1. The Hall–Kier alpha value is -0.200. The van der Waals surface area contributed by atoms with Crippen molar-refractivity contribution >= 4 is 17.4 Å². The lowest BCUT2D eigenvalue weighted by atomic mass is 9.49. The van der Waals surface area contributed by atoms with Crippen LogP contribution in [0.2, 0.25) is 0 Å². The van der Waals surface area contributed by atoms with Gasteiger partial charge in [0.25, 0.3) is 0 Å². The number of isothiocyanates is 1. The summed E-state index contributed by atoms with van der Waals surface area (Å²) in [6.45, 7) is 9.83. The maximum Gasteiger partial charge on any atom is 0.0659 e. The van der Waals surface area contributed by atoms with E-state index in [4.69, 9.17) is 12.2 Å². The van der Waals surface area contributed by atoms with Crippen LogP contribution in [0.4, 0.5) is 0 Å². The Balaban J connectivity index is 1.96. The summed E-state index contributed by atoms with van der Waals surface area (Å²) in [5.74, 6) is 3.63. The van der Waals surface area contributed by atoms with Gasteiger partial charge in [-0.15, -0.1) is 0 Å². The molecule has 18 heavy (non-hydrogen) atoms. The van der Waals surface area contributed by atoms with E-state index in [1.54, 1.807) is 0 Å². The fourth-order valence-corrected chi connectivity index (χ4v) is 6.05. The first-order valence-electron chi connectivity index (χ1n) is 7.47. The molecule has 0 heterocycles. The molecule has 0 spiro atoms. The van der Waals surface area contributed by atoms with Crippen LogP contribution in [0.15, 0.2) is 4.99 Å². The van der Waals surface area contributed by atoms with E-state index < -0.39 is 0 Å². The van der Waals surface area contributed by atoms with E-state index in [-0.39, 0.29) is 0 Å². The molecule has 6 atom stereocenters. The molecular formula is C16H25NS. The van der Waals surface area contributed by atoms with Crippen molar-refractivity contribution in [3.8, 4) is 0 Å². The zero-order chi connectivity index (χ0) is 13.1. The minimum absolute atomic E-state index is 0.392. The van der Waals surface area contributed by atoms with E-state index in [1.165, 1.54) is 25.7 Å². The molecule has 4 saturated carbocycles. The van der Waals surface area contributed by atoms with Crippen LogP contribution in [-0.2, 0) is 0 Å². The van der Waals surface area contributed by atoms with E-state index in [1.807, 2.05) is 0 Å². The Labute approximate surface area is 116 Å². The fourth-order valence-electron chi connectivity index (χ4n) is 5.93. The van der Waals surface area contributed by atoms with E-state index in [0.717, 1.165) is 23.7 Å². The molecule has 1 nitrogen and oxygen atoms in total. The molecule has 0 radical (unpaired) electrons. The fraction of sp³-hybridized carbons (Fsp3) is 0.938. The van der Waals surface area contributed by atoms with Gasteiger partial charge in [-0.1, -0.05) is 27.7 Å². The first-order chi connectivity index (χ1) is 8.39. The first kappa shape index (κ1) is 12.8. The smallest absolute Gasteiger partial charge is 0.0659 e. The second-order valence-corrected chi connectivity index (χ2v) is 8.23. The van der Waals surface area contributed by atoms with Crippen LogP contribution < -0.4 is 0 Å². The molecule has 0 aliphatic heterocycles. The van der Waals surface area contributed by atoms with Crippen molar-refractivity contribution < 1.29 is 0 Å². The third-order valence-corrected chi connectivity index (χ3v) is 6.63. The summed E-state index contributed by atoms with van der Waals surface area (Å²) < 4.78 is 0. The summed E-state index contributed by atoms with van der Waals surface area (Å²) in [6, 6.07) is 0.454. The Morgan fingerprint density at radius 1 is 1.22 bits per heavy atom. The summed E-state index contributed by atoms with van der Waals surface area (Å²) in [7, 11) is 0. The number of fused-ring (bicyclic) bond motifs is 1. The zero-order valence-corrected chi connectivity index (χ0v) is 12.9. The van der Waals surface area contributed by atoms with Crippen LogP contribution in [0.3, 0.4) is 0 Å². The molecule has 100 valence electrons. The minimum Gasteiger partial charge on any atom is -0.229 e. The maximum atomic E-state index is 4.85. The minimum atomic E-state index is 0.392. The molecule has 0 aromatic carbocycles. The molecule has 4 rings (SSSR count). The van der Waals surface area contributed by atoms with Gasteiger partial charge in [0.15, 0.2) is 0 Å². The number of aliphatic imine (C=N–C) groups is 1. The van der Waals surface area contributed by atoms with Gasteiger partial charge in [0.1, 0.15) is 0 Å². The van der Waals surface area contributed by atoms with Crippen molar-refractivity contribution in [3.05, 3.63) is 0 Å². The Morgan fingerprint density at radius 2 is 1.94 bits per heavy atom. The van der Waals surface area contributed by atoms with E-state index in [9.17, 15) is 0 Å². The van der Waals surface area contributed by atoms with Gasteiger partial charge in [0.05, 0.1) is 11.2 Å². The van der Waals surface area contributed by atoms with E-state index in [2.05, 4.69) is 37.8 Å². The Bertz CT molecular complexity index is 411. The SMILES string of the molecule is CC(C)C1CC2(C)CC3(C)CC1C2C[C@H]3N=C=S. The predicted molar refractivity (Wildman–Crippen MR) is 78.8 cm³/mol. The summed E-state index contributed by atoms with van der Waals surface area (Å²) in [5, 5.41) is 2.65. The van der Waals surface area contributed by atoms with Crippen LogP contribution in [0.5, 0.6) is 0 Å². The standard InChI is InChI=1S/C16H25NS/c1-10(2)11-6-15(3)8-16(4)7-12(11)13(15)5-14(16)17-9-18/h10-14H,5-8H2,1-4H3/t11?,12?,13?,14-,15?,16?/m1/s1. The zero-order valence-electron chi connectivity index (χ0n) is 12.1. The highest BCUT2D eigenvalue weighted by atomic mass is 32.1. The molecular weight excluding hydrogens is 238 g/mol. The van der Waals surface area contributed by atoms with Crippen LogP contribution in [-0.4, -0.2) is 11.2 Å². The van der Waals surface area contributed by atoms with Gasteiger partial charge in [0, 0.05) is 0 Å². The maximum absolute atomic E-state index is 4.85. The molecule has 0 aromatic heterocycles. The molecule has 4 aliphatic carbocycles. The van der Waals surface area contributed by atoms with Gasteiger partial charge >= 0.3 is 0 Å². The predicted octanol–water partition coefficient (Wildman–Crippen LogP) is 4.58. The van der Waals surface area contributed by atoms with Gasteiger partial charge in [-0.05, 0) is 72.4 Å². The van der Waals surface area contributed by atoms with Gasteiger partial charge in [-0.2, -0.15) is 0 Å². The topological polar surface area (TPSA) is 12.4 Å². The number of nitrogens with zero attached hydrogens (tertiary/aromatic N) is 1. The van der Waals surface area contributed by atoms with Gasteiger partial charge in [-0.25, -0.2) is 4.99 Å². The number of hydrogen-bond donors (Lipinski definition) is 0. The Kier molecular flexibility index (Phi) is 2.78. The van der Waals surface area contributed by atoms with Crippen LogP contribution in [0, 0.1) is 34.5 Å². The molecule has 0 N–H and O–H groups in total. The van der Waals surface area contributed by atoms with Crippen molar-refractivity contribution in [3.63, 3.8) is 0 Å². The number of hydrogen-bond acceptors (Lipinski definition) is 2. The largest absolute Gasteiger partial charge is 0.229 e. The van der Waals surface area contributed by atoms with Crippen molar-refractivity contribution in [1.82, 2.24) is 0 Å². The average Bonchev–Trinajstić information content (AvgIpc) is 2.47. The highest BCUT2D eigenvalue weighted by Crippen LogP contribution is 2.70. The molecule has 0 saturated heterocycles.